The number of ether oxygens (including phenoxy) is 1. The van der Waals surface area contributed by atoms with E-state index in [4.69, 9.17) is 16.3 Å². The maximum atomic E-state index is 13.2. The molecule has 4 rings (SSSR count). The Hall–Kier alpha value is -3.64. The number of aryl methyl sites for hydroxylation is 1. The van der Waals surface area contributed by atoms with Gasteiger partial charge in [0.2, 0.25) is 0 Å². The number of Topliss-reactive ketones (excluding diaryl/α,β-unsaturated/α-hetero) is 1. The molecule has 1 amide bonds. The van der Waals surface area contributed by atoms with Crippen LogP contribution in [0.2, 0.25) is 5.02 Å². The molecule has 0 saturated carbocycles. The summed E-state index contributed by atoms with van der Waals surface area (Å²) in [7, 11) is 0. The van der Waals surface area contributed by atoms with Crippen molar-refractivity contribution in [3.8, 4) is 5.75 Å². The quantitative estimate of drug-likeness (QED) is 0.309. The number of carbonyl (C=O) groups is 2. The molecular formula is C26H23ClN2O4. The molecule has 168 valence electrons. The monoisotopic (exact) mass is 462 g/mol. The van der Waals surface area contributed by atoms with E-state index in [2.05, 4.69) is 4.98 Å². The zero-order valence-electron chi connectivity index (χ0n) is 18.4. The number of anilines is 1. The minimum absolute atomic E-state index is 0.000394. The summed E-state index contributed by atoms with van der Waals surface area (Å²) in [6.07, 6.45) is 3.16. The van der Waals surface area contributed by atoms with E-state index < -0.39 is 17.7 Å². The van der Waals surface area contributed by atoms with Gasteiger partial charge < -0.3 is 9.84 Å². The lowest BCUT2D eigenvalue weighted by molar-refractivity contribution is -0.132. The molecule has 1 N–H and O–H groups in total. The number of nitrogens with zero attached hydrogens (tertiary/aromatic N) is 2. The van der Waals surface area contributed by atoms with Crippen molar-refractivity contribution in [3.05, 3.63) is 94.3 Å². The molecule has 1 fully saturated rings. The van der Waals surface area contributed by atoms with Crippen LogP contribution in [-0.2, 0) is 9.59 Å². The Morgan fingerprint density at radius 3 is 2.33 bits per heavy atom. The average Bonchev–Trinajstić information content (AvgIpc) is 3.06. The highest BCUT2D eigenvalue weighted by molar-refractivity contribution is 6.51. The number of amides is 1. The van der Waals surface area contributed by atoms with Gasteiger partial charge in [-0.1, -0.05) is 17.7 Å². The molecule has 1 aliphatic rings. The Kier molecular flexibility index (Phi) is 6.20. The maximum absolute atomic E-state index is 13.2. The minimum atomic E-state index is -0.835. The summed E-state index contributed by atoms with van der Waals surface area (Å²) >= 11 is 6.31. The van der Waals surface area contributed by atoms with E-state index in [-0.39, 0.29) is 17.4 Å². The topological polar surface area (TPSA) is 79.7 Å². The van der Waals surface area contributed by atoms with E-state index in [1.54, 1.807) is 67.0 Å². The predicted molar refractivity (Wildman–Crippen MR) is 127 cm³/mol. The summed E-state index contributed by atoms with van der Waals surface area (Å²) in [5, 5.41) is 11.6. The third kappa shape index (κ3) is 4.34. The van der Waals surface area contributed by atoms with Gasteiger partial charge in [-0.3, -0.25) is 19.5 Å². The molecule has 6 nitrogen and oxygen atoms in total. The van der Waals surface area contributed by atoms with Crippen LogP contribution in [0, 0.1) is 6.92 Å². The molecule has 1 unspecified atom stereocenters. The molecule has 3 aromatic rings. The van der Waals surface area contributed by atoms with Crippen LogP contribution in [0.15, 0.2) is 72.6 Å². The van der Waals surface area contributed by atoms with Crippen LogP contribution < -0.4 is 9.64 Å². The molecule has 0 spiro atoms. The van der Waals surface area contributed by atoms with E-state index in [1.165, 1.54) is 4.90 Å². The average molecular weight is 463 g/mol. The first-order chi connectivity index (χ1) is 15.8. The van der Waals surface area contributed by atoms with Gasteiger partial charge in [0.1, 0.15) is 11.5 Å². The second kappa shape index (κ2) is 9.08. The standard InChI is InChI=1S/C26H23ClN2O4/c1-15(2)33-20-8-5-18(6-9-20)24(30)22-23(17-10-12-28-13-11-17)29(26(32)25(22)31)19-7-4-16(3)21(27)14-19/h4-15,23,30H,1-3H3/b24-22+. The molecule has 2 aromatic carbocycles. The van der Waals surface area contributed by atoms with Crippen molar-refractivity contribution in [1.29, 1.82) is 0 Å². The molecule has 1 aliphatic heterocycles. The van der Waals surface area contributed by atoms with Crippen molar-refractivity contribution >= 4 is 34.7 Å². The summed E-state index contributed by atoms with van der Waals surface area (Å²) in [5.41, 5.74) is 2.36. The molecular weight excluding hydrogens is 440 g/mol. The maximum Gasteiger partial charge on any atom is 0.300 e. The summed E-state index contributed by atoms with van der Waals surface area (Å²) < 4.78 is 5.65. The Bertz CT molecular complexity index is 1240. The van der Waals surface area contributed by atoms with Crippen molar-refractivity contribution in [2.45, 2.75) is 32.9 Å². The molecule has 0 bridgehead atoms. The van der Waals surface area contributed by atoms with Crippen LogP contribution in [0.4, 0.5) is 5.69 Å². The summed E-state index contributed by atoms with van der Waals surface area (Å²) in [5.74, 6) is -1.12. The zero-order valence-corrected chi connectivity index (χ0v) is 19.2. The molecule has 0 radical (unpaired) electrons. The van der Waals surface area contributed by atoms with Gasteiger partial charge >= 0.3 is 0 Å². The second-order valence-electron chi connectivity index (χ2n) is 8.07. The van der Waals surface area contributed by atoms with Gasteiger partial charge in [0.25, 0.3) is 11.7 Å². The number of rotatable bonds is 5. The van der Waals surface area contributed by atoms with E-state index in [1.807, 2.05) is 20.8 Å². The third-order valence-electron chi connectivity index (χ3n) is 5.40. The fraction of sp³-hybridized carbons (Fsp3) is 0.192. The molecule has 0 aliphatic carbocycles. The Labute approximate surface area is 197 Å². The summed E-state index contributed by atoms with van der Waals surface area (Å²) in [6, 6.07) is 14.5. The van der Waals surface area contributed by atoms with Gasteiger partial charge in [-0.15, -0.1) is 0 Å². The highest BCUT2D eigenvalue weighted by Crippen LogP contribution is 2.42. The first kappa shape index (κ1) is 22.6. The third-order valence-corrected chi connectivity index (χ3v) is 5.81. The fourth-order valence-corrected chi connectivity index (χ4v) is 3.99. The van der Waals surface area contributed by atoms with E-state index in [0.717, 1.165) is 5.56 Å². The van der Waals surface area contributed by atoms with Crippen LogP contribution in [0.5, 0.6) is 5.75 Å². The number of halogens is 1. The van der Waals surface area contributed by atoms with Crippen molar-refractivity contribution in [3.63, 3.8) is 0 Å². The second-order valence-corrected chi connectivity index (χ2v) is 8.48. The van der Waals surface area contributed by atoms with E-state index >= 15 is 0 Å². The zero-order chi connectivity index (χ0) is 23.7. The van der Waals surface area contributed by atoms with Crippen molar-refractivity contribution in [2.24, 2.45) is 0 Å². The Morgan fingerprint density at radius 2 is 1.73 bits per heavy atom. The number of hydrogen-bond acceptors (Lipinski definition) is 5. The van der Waals surface area contributed by atoms with Crippen LogP contribution in [0.1, 0.15) is 36.6 Å². The van der Waals surface area contributed by atoms with Crippen molar-refractivity contribution < 1.29 is 19.4 Å². The number of ketones is 1. The number of benzene rings is 2. The highest BCUT2D eigenvalue weighted by Gasteiger charge is 2.47. The number of pyridine rings is 1. The van der Waals surface area contributed by atoms with Gasteiger partial charge in [-0.2, -0.15) is 0 Å². The van der Waals surface area contributed by atoms with Crippen LogP contribution in [0.3, 0.4) is 0 Å². The molecule has 1 atom stereocenters. The molecule has 33 heavy (non-hydrogen) atoms. The first-order valence-corrected chi connectivity index (χ1v) is 10.9. The van der Waals surface area contributed by atoms with Crippen molar-refractivity contribution in [1.82, 2.24) is 4.98 Å². The summed E-state index contributed by atoms with van der Waals surface area (Å²) in [6.45, 7) is 5.69. The van der Waals surface area contributed by atoms with Gasteiger partial charge in [-0.05, 0) is 80.4 Å². The Morgan fingerprint density at radius 1 is 1.06 bits per heavy atom. The lowest BCUT2D eigenvalue weighted by Crippen LogP contribution is -2.29. The minimum Gasteiger partial charge on any atom is -0.507 e. The molecule has 1 saturated heterocycles. The molecule has 2 heterocycles. The van der Waals surface area contributed by atoms with Crippen molar-refractivity contribution in [2.75, 3.05) is 4.90 Å². The number of aliphatic hydroxyl groups excluding tert-OH is 1. The Balaban J connectivity index is 1.86. The lowest BCUT2D eigenvalue weighted by atomic mass is 9.95. The van der Waals surface area contributed by atoms with Gasteiger partial charge in [0.15, 0.2) is 0 Å². The molecule has 1 aromatic heterocycles. The van der Waals surface area contributed by atoms with Crippen LogP contribution in [0.25, 0.3) is 5.76 Å². The predicted octanol–water partition coefficient (Wildman–Crippen LogP) is 5.46. The number of aliphatic hydroxyl groups is 1. The normalized spacial score (nSPS) is 17.6. The number of carbonyl (C=O) groups excluding carboxylic acids is 2. The fourth-order valence-electron chi connectivity index (χ4n) is 3.81. The van der Waals surface area contributed by atoms with E-state index in [0.29, 0.717) is 27.6 Å². The van der Waals surface area contributed by atoms with Crippen LogP contribution >= 0.6 is 11.6 Å². The van der Waals surface area contributed by atoms with E-state index in [9.17, 15) is 14.7 Å². The smallest absolute Gasteiger partial charge is 0.300 e. The summed E-state index contributed by atoms with van der Waals surface area (Å²) in [4.78, 5) is 31.7. The van der Waals surface area contributed by atoms with Gasteiger partial charge in [0.05, 0.1) is 17.7 Å². The van der Waals surface area contributed by atoms with Crippen LogP contribution in [-0.4, -0.2) is 27.9 Å². The lowest BCUT2D eigenvalue weighted by Gasteiger charge is -2.25. The van der Waals surface area contributed by atoms with Gasteiger partial charge in [-0.25, -0.2) is 0 Å². The van der Waals surface area contributed by atoms with Gasteiger partial charge in [0, 0.05) is 28.7 Å². The highest BCUT2D eigenvalue weighted by atomic mass is 35.5. The SMILES string of the molecule is Cc1ccc(N2C(=O)C(=O)/C(=C(/O)c3ccc(OC(C)C)cc3)C2c2ccncc2)cc1Cl. The molecule has 7 heteroatoms. The number of hydrogen-bond donors (Lipinski definition) is 1. The number of aromatic nitrogens is 1. The first-order valence-electron chi connectivity index (χ1n) is 10.5. The largest absolute Gasteiger partial charge is 0.507 e.